The largest absolute Gasteiger partial charge is 0.493 e. The number of benzene rings is 1. The van der Waals surface area contributed by atoms with Crippen LogP contribution in [0.4, 0.5) is 0 Å². The van der Waals surface area contributed by atoms with Gasteiger partial charge in [0.05, 0.1) is 12.7 Å². The van der Waals surface area contributed by atoms with Gasteiger partial charge in [-0.15, -0.1) is 0 Å². The van der Waals surface area contributed by atoms with Gasteiger partial charge in [0.15, 0.2) is 0 Å². The fraction of sp³-hybridized carbons (Fsp3) is 0.571. The Hall–Kier alpha value is -1.02. The maximum absolute atomic E-state index is 9.43. The first-order chi connectivity index (χ1) is 7.66. The molecule has 0 spiro atoms. The highest BCUT2D eigenvalue weighted by Crippen LogP contribution is 2.26. The van der Waals surface area contributed by atoms with Gasteiger partial charge in [-0.3, -0.25) is 0 Å². The molecule has 0 aromatic heterocycles. The molecule has 0 amide bonds. The SMILES string of the molecule is CC(O)C(C)CCc1ccc2c(c1)CCO2. The maximum Gasteiger partial charge on any atom is 0.122 e. The summed E-state index contributed by atoms with van der Waals surface area (Å²) in [6.07, 6.45) is 2.91. The fourth-order valence-corrected chi connectivity index (χ4v) is 2.03. The Bertz CT molecular complexity index is 358. The lowest BCUT2D eigenvalue weighted by atomic mass is 9.96. The van der Waals surface area contributed by atoms with Gasteiger partial charge in [0.25, 0.3) is 0 Å². The van der Waals surface area contributed by atoms with Crippen LogP contribution in [-0.4, -0.2) is 17.8 Å². The smallest absolute Gasteiger partial charge is 0.122 e. The van der Waals surface area contributed by atoms with Crippen LogP contribution in [-0.2, 0) is 12.8 Å². The van der Waals surface area contributed by atoms with Crippen molar-refractivity contribution in [3.05, 3.63) is 29.3 Å². The fourth-order valence-electron chi connectivity index (χ4n) is 2.03. The molecular weight excluding hydrogens is 200 g/mol. The second kappa shape index (κ2) is 4.88. The van der Waals surface area contributed by atoms with E-state index in [9.17, 15) is 5.11 Å². The maximum atomic E-state index is 9.43. The van der Waals surface area contributed by atoms with Crippen LogP contribution < -0.4 is 4.74 Å². The number of aliphatic hydroxyl groups excluding tert-OH is 1. The molecule has 2 heteroatoms. The molecule has 16 heavy (non-hydrogen) atoms. The van der Waals surface area contributed by atoms with Crippen LogP contribution in [0, 0.1) is 5.92 Å². The van der Waals surface area contributed by atoms with Gasteiger partial charge in [-0.2, -0.15) is 0 Å². The van der Waals surface area contributed by atoms with Crippen LogP contribution in [0.1, 0.15) is 31.4 Å². The summed E-state index contributed by atoms with van der Waals surface area (Å²) in [6, 6.07) is 6.46. The van der Waals surface area contributed by atoms with Crippen LogP contribution in [0.25, 0.3) is 0 Å². The van der Waals surface area contributed by atoms with E-state index in [-0.39, 0.29) is 6.10 Å². The molecule has 1 N–H and O–H groups in total. The molecule has 2 unspecified atom stereocenters. The third kappa shape index (κ3) is 2.56. The third-order valence-electron chi connectivity index (χ3n) is 3.47. The summed E-state index contributed by atoms with van der Waals surface area (Å²) < 4.78 is 5.48. The van der Waals surface area contributed by atoms with Gasteiger partial charge in [0.1, 0.15) is 5.75 Å². The lowest BCUT2D eigenvalue weighted by Crippen LogP contribution is -2.13. The van der Waals surface area contributed by atoms with E-state index in [0.29, 0.717) is 5.92 Å². The summed E-state index contributed by atoms with van der Waals surface area (Å²) in [5.74, 6) is 1.41. The zero-order valence-electron chi connectivity index (χ0n) is 10.1. The molecule has 2 atom stereocenters. The molecule has 1 aromatic rings. The molecule has 0 aliphatic carbocycles. The number of aliphatic hydroxyl groups is 1. The summed E-state index contributed by atoms with van der Waals surface area (Å²) in [5, 5.41) is 9.43. The van der Waals surface area contributed by atoms with Crippen molar-refractivity contribution in [3.63, 3.8) is 0 Å². The van der Waals surface area contributed by atoms with Crippen molar-refractivity contribution in [3.8, 4) is 5.75 Å². The van der Waals surface area contributed by atoms with Gasteiger partial charge in [0.2, 0.25) is 0 Å². The Balaban J connectivity index is 1.95. The topological polar surface area (TPSA) is 29.5 Å². The number of hydrogen-bond donors (Lipinski definition) is 1. The van der Waals surface area contributed by atoms with E-state index >= 15 is 0 Å². The van der Waals surface area contributed by atoms with Crippen LogP contribution >= 0.6 is 0 Å². The Morgan fingerprint density at radius 2 is 2.19 bits per heavy atom. The predicted molar refractivity (Wildman–Crippen MR) is 64.8 cm³/mol. The van der Waals surface area contributed by atoms with Crippen molar-refractivity contribution < 1.29 is 9.84 Å². The Kier molecular flexibility index (Phi) is 3.49. The van der Waals surface area contributed by atoms with Gasteiger partial charge < -0.3 is 9.84 Å². The second-order valence-electron chi connectivity index (χ2n) is 4.80. The molecule has 0 bridgehead atoms. The van der Waals surface area contributed by atoms with Crippen LogP contribution in [0.2, 0.25) is 0 Å². The molecule has 1 aliphatic rings. The zero-order valence-corrected chi connectivity index (χ0v) is 10.1. The molecule has 0 saturated heterocycles. The highest BCUT2D eigenvalue weighted by molar-refractivity contribution is 5.39. The van der Waals surface area contributed by atoms with Crippen molar-refractivity contribution in [2.75, 3.05) is 6.61 Å². The van der Waals surface area contributed by atoms with E-state index in [1.54, 1.807) is 0 Å². The first kappa shape index (κ1) is 11.5. The molecule has 1 aromatic carbocycles. The Morgan fingerprint density at radius 1 is 1.38 bits per heavy atom. The summed E-state index contributed by atoms with van der Waals surface area (Å²) >= 11 is 0. The lowest BCUT2D eigenvalue weighted by Gasteiger charge is -2.14. The highest BCUT2D eigenvalue weighted by atomic mass is 16.5. The molecule has 0 saturated carbocycles. The number of aryl methyl sites for hydroxylation is 1. The van der Waals surface area contributed by atoms with E-state index in [0.717, 1.165) is 31.6 Å². The second-order valence-corrected chi connectivity index (χ2v) is 4.80. The first-order valence-corrected chi connectivity index (χ1v) is 6.09. The van der Waals surface area contributed by atoms with E-state index in [1.165, 1.54) is 11.1 Å². The lowest BCUT2D eigenvalue weighted by molar-refractivity contribution is 0.130. The van der Waals surface area contributed by atoms with E-state index < -0.39 is 0 Å². The van der Waals surface area contributed by atoms with Crippen molar-refractivity contribution in [1.82, 2.24) is 0 Å². The minimum atomic E-state index is -0.210. The number of hydrogen-bond acceptors (Lipinski definition) is 2. The zero-order chi connectivity index (χ0) is 11.5. The highest BCUT2D eigenvalue weighted by Gasteiger charge is 2.13. The first-order valence-electron chi connectivity index (χ1n) is 6.09. The quantitative estimate of drug-likeness (QED) is 0.845. The van der Waals surface area contributed by atoms with Crippen molar-refractivity contribution in [1.29, 1.82) is 0 Å². The van der Waals surface area contributed by atoms with Gasteiger partial charge >= 0.3 is 0 Å². The molecule has 1 heterocycles. The van der Waals surface area contributed by atoms with Gasteiger partial charge in [-0.25, -0.2) is 0 Å². The van der Waals surface area contributed by atoms with Crippen molar-refractivity contribution in [2.24, 2.45) is 5.92 Å². The standard InChI is InChI=1S/C14H20O2/c1-10(11(2)15)3-4-12-5-6-14-13(9-12)7-8-16-14/h5-6,9-11,15H,3-4,7-8H2,1-2H3. The van der Waals surface area contributed by atoms with Gasteiger partial charge in [-0.05, 0) is 42.9 Å². The van der Waals surface area contributed by atoms with Crippen LogP contribution in [0.3, 0.4) is 0 Å². The van der Waals surface area contributed by atoms with E-state index in [2.05, 4.69) is 25.1 Å². The average molecular weight is 220 g/mol. The van der Waals surface area contributed by atoms with Gasteiger partial charge in [-0.1, -0.05) is 19.1 Å². The minimum absolute atomic E-state index is 0.210. The monoisotopic (exact) mass is 220 g/mol. The molecule has 0 radical (unpaired) electrons. The Labute approximate surface area is 97.3 Å². The molecule has 1 aliphatic heterocycles. The molecule has 2 rings (SSSR count). The van der Waals surface area contributed by atoms with Gasteiger partial charge in [0, 0.05) is 6.42 Å². The molecular formula is C14H20O2. The third-order valence-corrected chi connectivity index (χ3v) is 3.47. The number of fused-ring (bicyclic) bond motifs is 1. The summed E-state index contributed by atoms with van der Waals surface area (Å²) in [4.78, 5) is 0. The Morgan fingerprint density at radius 3 is 2.94 bits per heavy atom. The average Bonchev–Trinajstić information content (AvgIpc) is 2.72. The molecule has 2 nitrogen and oxygen atoms in total. The summed E-state index contributed by atoms with van der Waals surface area (Å²) in [6.45, 7) is 4.78. The van der Waals surface area contributed by atoms with Crippen molar-refractivity contribution >= 4 is 0 Å². The van der Waals surface area contributed by atoms with Crippen molar-refractivity contribution in [2.45, 2.75) is 39.2 Å². The van der Waals surface area contributed by atoms with Crippen LogP contribution in [0.5, 0.6) is 5.75 Å². The number of ether oxygens (including phenoxy) is 1. The molecule has 88 valence electrons. The predicted octanol–water partition coefficient (Wildman–Crippen LogP) is 2.57. The summed E-state index contributed by atoms with van der Waals surface area (Å²) in [5.41, 5.74) is 2.69. The van der Waals surface area contributed by atoms with E-state index in [1.807, 2.05) is 6.92 Å². The minimum Gasteiger partial charge on any atom is -0.493 e. The normalized spacial score (nSPS) is 17.7. The number of rotatable bonds is 4. The van der Waals surface area contributed by atoms with Crippen LogP contribution in [0.15, 0.2) is 18.2 Å². The molecule has 0 fully saturated rings. The van der Waals surface area contributed by atoms with E-state index in [4.69, 9.17) is 4.74 Å². The summed E-state index contributed by atoms with van der Waals surface area (Å²) in [7, 11) is 0.